The summed E-state index contributed by atoms with van der Waals surface area (Å²) in [4.78, 5) is 26.8. The summed E-state index contributed by atoms with van der Waals surface area (Å²) < 4.78 is 14.4. The average molecular weight is 460 g/mol. The lowest BCUT2D eigenvalue weighted by Crippen LogP contribution is -2.38. The summed E-state index contributed by atoms with van der Waals surface area (Å²) in [6.45, 7) is 5.34. The molecule has 1 fully saturated rings. The number of nitrogens with one attached hydrogen (secondary N) is 2. The summed E-state index contributed by atoms with van der Waals surface area (Å²) in [6.07, 6.45) is 2.56. The topological polar surface area (TPSA) is 108 Å². The predicted molar refractivity (Wildman–Crippen MR) is 127 cm³/mol. The Labute approximate surface area is 195 Å². The fourth-order valence-corrected chi connectivity index (χ4v) is 4.33. The smallest absolute Gasteiger partial charge is 0.278 e. The number of aromatic nitrogens is 5. The molecular formula is C24H25N7O3. The van der Waals surface area contributed by atoms with Crippen molar-refractivity contribution < 1.29 is 9.47 Å². The zero-order valence-electron chi connectivity index (χ0n) is 18.8. The average Bonchev–Trinajstić information content (AvgIpc) is 3.12. The molecule has 174 valence electrons. The molecule has 0 bridgehead atoms. The minimum atomic E-state index is -0.161. The lowest BCUT2D eigenvalue weighted by Gasteiger charge is -2.26. The van der Waals surface area contributed by atoms with Crippen LogP contribution in [-0.2, 0) is 24.2 Å². The Kier molecular flexibility index (Phi) is 5.23. The molecule has 4 aromatic rings. The Bertz CT molecular complexity index is 1420. The van der Waals surface area contributed by atoms with Crippen LogP contribution in [0, 0.1) is 0 Å². The lowest BCUT2D eigenvalue weighted by atomic mass is 10.0. The molecule has 5 heterocycles. The van der Waals surface area contributed by atoms with E-state index in [-0.39, 0.29) is 11.7 Å². The monoisotopic (exact) mass is 459 g/mol. The Morgan fingerprint density at radius 3 is 2.94 bits per heavy atom. The van der Waals surface area contributed by atoms with E-state index in [0.29, 0.717) is 48.4 Å². The Morgan fingerprint density at radius 2 is 2.12 bits per heavy atom. The van der Waals surface area contributed by atoms with Crippen molar-refractivity contribution >= 4 is 22.7 Å². The summed E-state index contributed by atoms with van der Waals surface area (Å²) in [6, 6.07) is 11.8. The van der Waals surface area contributed by atoms with Gasteiger partial charge in [0.1, 0.15) is 11.5 Å². The van der Waals surface area contributed by atoms with Crippen molar-refractivity contribution in [2.75, 3.05) is 25.1 Å². The SMILES string of the molecule is CCn1c(=O)c2cnc(Nc3ccc4c(c3)CCNC4)nc2n1-c1cccc(OC2COC2)n1. The summed E-state index contributed by atoms with van der Waals surface area (Å²) in [5.41, 5.74) is 3.87. The highest BCUT2D eigenvalue weighted by Gasteiger charge is 2.22. The maximum Gasteiger partial charge on any atom is 0.278 e. The van der Waals surface area contributed by atoms with Crippen LogP contribution in [0.5, 0.6) is 5.88 Å². The molecule has 0 radical (unpaired) electrons. The molecule has 2 aliphatic heterocycles. The van der Waals surface area contributed by atoms with Crippen molar-refractivity contribution in [2.24, 2.45) is 0 Å². The number of ether oxygens (including phenoxy) is 2. The van der Waals surface area contributed by atoms with Gasteiger partial charge in [0.25, 0.3) is 5.56 Å². The zero-order chi connectivity index (χ0) is 23.1. The maximum absolute atomic E-state index is 13.1. The van der Waals surface area contributed by atoms with Crippen LogP contribution in [-0.4, -0.2) is 50.2 Å². The van der Waals surface area contributed by atoms with E-state index in [1.807, 2.05) is 25.1 Å². The van der Waals surface area contributed by atoms with Gasteiger partial charge < -0.3 is 20.1 Å². The molecule has 34 heavy (non-hydrogen) atoms. The van der Waals surface area contributed by atoms with Gasteiger partial charge in [0.15, 0.2) is 11.5 Å². The van der Waals surface area contributed by atoms with E-state index >= 15 is 0 Å². The molecule has 0 saturated carbocycles. The summed E-state index contributed by atoms with van der Waals surface area (Å²) in [5.74, 6) is 1.46. The molecule has 1 aromatic carbocycles. The van der Waals surface area contributed by atoms with Gasteiger partial charge in [-0.3, -0.25) is 4.79 Å². The second kappa shape index (κ2) is 8.54. The number of fused-ring (bicyclic) bond motifs is 2. The first kappa shape index (κ1) is 20.8. The second-order valence-corrected chi connectivity index (χ2v) is 8.41. The second-order valence-electron chi connectivity index (χ2n) is 8.41. The highest BCUT2D eigenvalue weighted by atomic mass is 16.6. The standard InChI is InChI=1S/C24H25N7O3/c1-2-30-23(32)19-12-26-24(27-17-7-6-16-11-25-9-8-15(16)10-17)29-22(19)31(30)20-4-3-5-21(28-20)34-18-13-33-14-18/h3-7,10,12,18,25H,2,8-9,11,13-14H2,1H3,(H,26,27,29). The van der Waals surface area contributed by atoms with Crippen LogP contribution in [0.2, 0.25) is 0 Å². The van der Waals surface area contributed by atoms with Gasteiger partial charge in [0.05, 0.1) is 13.2 Å². The Balaban J connectivity index is 1.39. The number of pyridine rings is 1. The van der Waals surface area contributed by atoms with Gasteiger partial charge in [-0.25, -0.2) is 14.3 Å². The van der Waals surface area contributed by atoms with Crippen molar-refractivity contribution in [2.45, 2.75) is 32.5 Å². The van der Waals surface area contributed by atoms with Gasteiger partial charge in [-0.15, -0.1) is 0 Å². The van der Waals surface area contributed by atoms with E-state index in [1.165, 1.54) is 11.1 Å². The third-order valence-corrected chi connectivity index (χ3v) is 6.14. The van der Waals surface area contributed by atoms with Crippen LogP contribution in [0.1, 0.15) is 18.1 Å². The third kappa shape index (κ3) is 3.70. The normalized spacial score (nSPS) is 15.7. The van der Waals surface area contributed by atoms with Crippen molar-refractivity contribution in [3.8, 4) is 11.7 Å². The van der Waals surface area contributed by atoms with Crippen molar-refractivity contribution in [3.63, 3.8) is 0 Å². The summed E-state index contributed by atoms with van der Waals surface area (Å²) in [5, 5.41) is 7.12. The first-order chi connectivity index (χ1) is 16.7. The van der Waals surface area contributed by atoms with Gasteiger partial charge in [-0.2, -0.15) is 9.97 Å². The molecule has 2 N–H and O–H groups in total. The number of rotatable bonds is 6. The maximum atomic E-state index is 13.1. The van der Waals surface area contributed by atoms with E-state index in [1.54, 1.807) is 21.6 Å². The molecule has 0 unspecified atom stereocenters. The van der Waals surface area contributed by atoms with Crippen molar-refractivity contribution in [1.82, 2.24) is 29.6 Å². The quantitative estimate of drug-likeness (QED) is 0.452. The molecule has 2 aliphatic rings. The molecule has 3 aromatic heterocycles. The van der Waals surface area contributed by atoms with Gasteiger partial charge in [0.2, 0.25) is 11.8 Å². The summed E-state index contributed by atoms with van der Waals surface area (Å²) >= 11 is 0. The number of benzene rings is 1. The number of anilines is 2. The van der Waals surface area contributed by atoms with Crippen molar-refractivity contribution in [1.29, 1.82) is 0 Å². The Morgan fingerprint density at radius 1 is 1.21 bits per heavy atom. The summed E-state index contributed by atoms with van der Waals surface area (Å²) in [7, 11) is 0. The first-order valence-electron chi connectivity index (χ1n) is 11.5. The Hall–Kier alpha value is -3.76. The third-order valence-electron chi connectivity index (χ3n) is 6.14. The van der Waals surface area contributed by atoms with Gasteiger partial charge in [-0.1, -0.05) is 12.1 Å². The van der Waals surface area contributed by atoms with Crippen molar-refractivity contribution in [3.05, 3.63) is 64.1 Å². The molecule has 0 spiro atoms. The van der Waals surface area contributed by atoms with E-state index in [9.17, 15) is 4.79 Å². The zero-order valence-corrected chi connectivity index (χ0v) is 18.8. The highest BCUT2D eigenvalue weighted by Crippen LogP contribution is 2.23. The van der Waals surface area contributed by atoms with E-state index in [2.05, 4.69) is 32.7 Å². The molecule has 10 nitrogen and oxygen atoms in total. The van der Waals surface area contributed by atoms with E-state index in [4.69, 9.17) is 14.5 Å². The number of hydrogen-bond acceptors (Lipinski definition) is 8. The lowest BCUT2D eigenvalue weighted by molar-refractivity contribution is -0.0813. The fourth-order valence-electron chi connectivity index (χ4n) is 4.33. The minimum Gasteiger partial charge on any atom is -0.469 e. The van der Waals surface area contributed by atoms with E-state index < -0.39 is 0 Å². The number of hydrogen-bond donors (Lipinski definition) is 2. The molecule has 1 saturated heterocycles. The fraction of sp³-hybridized carbons (Fsp3) is 0.333. The van der Waals surface area contributed by atoms with Crippen LogP contribution in [0.15, 0.2) is 47.4 Å². The van der Waals surface area contributed by atoms with Crippen LogP contribution < -0.4 is 20.9 Å². The molecule has 10 heteroatoms. The molecule has 0 amide bonds. The highest BCUT2D eigenvalue weighted by molar-refractivity contribution is 5.77. The number of nitrogens with zero attached hydrogens (tertiary/aromatic N) is 5. The molecule has 6 rings (SSSR count). The van der Waals surface area contributed by atoms with Gasteiger partial charge in [0, 0.05) is 31.0 Å². The van der Waals surface area contributed by atoms with E-state index in [0.717, 1.165) is 25.2 Å². The van der Waals surface area contributed by atoms with Gasteiger partial charge >= 0.3 is 0 Å². The minimum absolute atomic E-state index is 0.00283. The van der Waals surface area contributed by atoms with Crippen LogP contribution in [0.25, 0.3) is 16.9 Å². The van der Waals surface area contributed by atoms with Crippen LogP contribution in [0.3, 0.4) is 0 Å². The van der Waals surface area contributed by atoms with Gasteiger partial charge in [-0.05, 0) is 49.2 Å². The molecule has 0 atom stereocenters. The first-order valence-corrected chi connectivity index (χ1v) is 11.5. The van der Waals surface area contributed by atoms with Crippen LogP contribution in [0.4, 0.5) is 11.6 Å². The predicted octanol–water partition coefficient (Wildman–Crippen LogP) is 2.16. The van der Waals surface area contributed by atoms with Crippen LogP contribution >= 0.6 is 0 Å². The molecule has 0 aliphatic carbocycles. The molecular weight excluding hydrogens is 434 g/mol. The largest absolute Gasteiger partial charge is 0.469 e.